The highest BCUT2D eigenvalue weighted by atomic mass is 32.1. The lowest BCUT2D eigenvalue weighted by molar-refractivity contribution is -0.141. The summed E-state index contributed by atoms with van der Waals surface area (Å²) in [5, 5.41) is 11.9. The van der Waals surface area contributed by atoms with Gasteiger partial charge >= 0.3 is 12.1 Å². The molecule has 0 radical (unpaired) electrons. The van der Waals surface area contributed by atoms with E-state index in [-0.39, 0.29) is 19.1 Å². The Morgan fingerprint density at radius 1 is 1.30 bits per heavy atom. The minimum Gasteiger partial charge on any atom is -0.481 e. The number of carboxylic acid groups (broad SMARTS) is 1. The third kappa shape index (κ3) is 3.50. The lowest BCUT2D eigenvalue weighted by Gasteiger charge is -2.15. The van der Waals surface area contributed by atoms with Gasteiger partial charge in [0.1, 0.15) is 6.61 Å². The maximum Gasteiger partial charge on any atom is 0.410 e. The normalized spacial score (nSPS) is 20.4. The van der Waals surface area contributed by atoms with Crippen molar-refractivity contribution in [3.05, 3.63) is 52.5 Å². The number of benzene rings is 1. The summed E-state index contributed by atoms with van der Waals surface area (Å²) in [6.07, 6.45) is 1.16. The summed E-state index contributed by atoms with van der Waals surface area (Å²) >= 11 is 1.41. The first kappa shape index (κ1) is 15.5. The quantitative estimate of drug-likeness (QED) is 0.931. The standard InChI is InChI=1S/C16H16N2O4S/c19-15(20)13-9-18(8-12(13)14-17-6-7-23-14)16(21)22-10-11-4-2-1-3-5-11/h1-7,12-13H,8-10H2,(H,19,20). The van der Waals surface area contributed by atoms with Crippen molar-refractivity contribution in [1.82, 2.24) is 9.88 Å². The molecule has 1 aliphatic heterocycles. The van der Waals surface area contributed by atoms with Gasteiger partial charge in [-0.2, -0.15) is 0 Å². The maximum absolute atomic E-state index is 12.2. The smallest absolute Gasteiger partial charge is 0.410 e. The molecule has 1 saturated heterocycles. The van der Waals surface area contributed by atoms with Gasteiger partial charge in [0.15, 0.2) is 0 Å². The molecule has 2 atom stereocenters. The fraction of sp³-hybridized carbons (Fsp3) is 0.312. The molecule has 0 spiro atoms. The van der Waals surface area contributed by atoms with E-state index < -0.39 is 18.0 Å². The van der Waals surface area contributed by atoms with Gasteiger partial charge in [0, 0.05) is 30.6 Å². The van der Waals surface area contributed by atoms with E-state index in [1.165, 1.54) is 16.2 Å². The predicted molar refractivity (Wildman–Crippen MR) is 84.2 cm³/mol. The molecule has 1 aromatic carbocycles. The zero-order chi connectivity index (χ0) is 16.2. The topological polar surface area (TPSA) is 79.7 Å². The van der Waals surface area contributed by atoms with Gasteiger partial charge in [-0.3, -0.25) is 4.79 Å². The number of nitrogens with zero attached hydrogens (tertiary/aromatic N) is 2. The molecule has 1 aromatic heterocycles. The Morgan fingerprint density at radius 2 is 2.09 bits per heavy atom. The van der Waals surface area contributed by atoms with Crippen molar-refractivity contribution in [3.63, 3.8) is 0 Å². The average molecular weight is 332 g/mol. The monoisotopic (exact) mass is 332 g/mol. The van der Waals surface area contributed by atoms with Gasteiger partial charge in [-0.15, -0.1) is 11.3 Å². The Hall–Kier alpha value is -2.41. The molecule has 2 aromatic rings. The summed E-state index contributed by atoms with van der Waals surface area (Å²) in [6, 6.07) is 9.38. The maximum atomic E-state index is 12.2. The minimum atomic E-state index is -0.913. The lowest BCUT2D eigenvalue weighted by Crippen LogP contribution is -2.30. The van der Waals surface area contributed by atoms with Crippen LogP contribution in [0.25, 0.3) is 0 Å². The number of aromatic nitrogens is 1. The highest BCUT2D eigenvalue weighted by molar-refractivity contribution is 7.09. The third-order valence-electron chi connectivity index (χ3n) is 3.87. The van der Waals surface area contributed by atoms with E-state index in [0.29, 0.717) is 6.54 Å². The second-order valence-corrected chi connectivity index (χ2v) is 6.29. The van der Waals surface area contributed by atoms with E-state index in [4.69, 9.17) is 4.74 Å². The largest absolute Gasteiger partial charge is 0.481 e. The number of carbonyl (C=O) groups is 2. The first-order valence-corrected chi connectivity index (χ1v) is 8.11. The Morgan fingerprint density at radius 3 is 2.74 bits per heavy atom. The fourth-order valence-electron chi connectivity index (χ4n) is 2.68. The number of likely N-dealkylation sites (tertiary alicyclic amines) is 1. The van der Waals surface area contributed by atoms with Crippen molar-refractivity contribution in [2.75, 3.05) is 13.1 Å². The van der Waals surface area contributed by atoms with Gasteiger partial charge < -0.3 is 14.7 Å². The first-order valence-electron chi connectivity index (χ1n) is 7.23. The predicted octanol–water partition coefficient (Wildman–Crippen LogP) is 2.58. The molecule has 6 nitrogen and oxygen atoms in total. The van der Waals surface area contributed by atoms with Gasteiger partial charge in [-0.25, -0.2) is 9.78 Å². The second-order valence-electron chi connectivity index (χ2n) is 5.37. The second kappa shape index (κ2) is 6.78. The summed E-state index contributed by atoms with van der Waals surface area (Å²) in [4.78, 5) is 29.3. The van der Waals surface area contributed by atoms with E-state index in [1.807, 2.05) is 35.7 Å². The van der Waals surface area contributed by atoms with Crippen molar-refractivity contribution < 1.29 is 19.4 Å². The molecule has 1 fully saturated rings. The summed E-state index contributed by atoms with van der Waals surface area (Å²) in [6.45, 7) is 0.640. The zero-order valence-corrected chi connectivity index (χ0v) is 13.1. The minimum absolute atomic E-state index is 0.146. The molecule has 7 heteroatoms. The van der Waals surface area contributed by atoms with Crippen molar-refractivity contribution >= 4 is 23.4 Å². The van der Waals surface area contributed by atoms with Crippen LogP contribution in [-0.4, -0.2) is 40.1 Å². The molecule has 2 unspecified atom stereocenters. The van der Waals surface area contributed by atoms with Crippen LogP contribution in [0, 0.1) is 5.92 Å². The van der Waals surface area contributed by atoms with Gasteiger partial charge in [0.05, 0.1) is 10.9 Å². The summed E-state index contributed by atoms with van der Waals surface area (Å²) in [7, 11) is 0. The number of ether oxygens (including phenoxy) is 1. The van der Waals surface area contributed by atoms with E-state index in [1.54, 1.807) is 6.20 Å². The summed E-state index contributed by atoms with van der Waals surface area (Å²) in [5.74, 6) is -1.84. The van der Waals surface area contributed by atoms with Crippen LogP contribution in [0.1, 0.15) is 16.5 Å². The lowest BCUT2D eigenvalue weighted by atomic mass is 9.97. The van der Waals surface area contributed by atoms with E-state index >= 15 is 0 Å². The third-order valence-corrected chi connectivity index (χ3v) is 4.78. The van der Waals surface area contributed by atoms with Gasteiger partial charge in [-0.1, -0.05) is 30.3 Å². The molecule has 3 rings (SSSR count). The van der Waals surface area contributed by atoms with Gasteiger partial charge in [0.25, 0.3) is 0 Å². The van der Waals surface area contributed by atoms with E-state index in [9.17, 15) is 14.7 Å². The molecule has 1 aliphatic rings. The van der Waals surface area contributed by atoms with Crippen LogP contribution in [0.4, 0.5) is 4.79 Å². The zero-order valence-electron chi connectivity index (χ0n) is 12.3. The van der Waals surface area contributed by atoms with Crippen LogP contribution in [0.3, 0.4) is 0 Å². The molecule has 120 valence electrons. The van der Waals surface area contributed by atoms with Crippen molar-refractivity contribution in [1.29, 1.82) is 0 Å². The Balaban J connectivity index is 1.64. The number of hydrogen-bond acceptors (Lipinski definition) is 5. The summed E-state index contributed by atoms with van der Waals surface area (Å²) in [5.41, 5.74) is 0.895. The first-order chi connectivity index (χ1) is 11.1. The van der Waals surface area contributed by atoms with Crippen molar-refractivity contribution in [2.24, 2.45) is 5.92 Å². The average Bonchev–Trinajstić information content (AvgIpc) is 3.22. The van der Waals surface area contributed by atoms with E-state index in [2.05, 4.69) is 4.98 Å². The molecule has 0 saturated carbocycles. The molecule has 0 aliphatic carbocycles. The number of amides is 1. The Bertz CT molecular complexity index is 675. The van der Waals surface area contributed by atoms with Crippen molar-refractivity contribution in [2.45, 2.75) is 12.5 Å². The number of carbonyl (C=O) groups excluding carboxylic acids is 1. The molecule has 23 heavy (non-hydrogen) atoms. The number of aliphatic carboxylic acids is 1. The highest BCUT2D eigenvalue weighted by Gasteiger charge is 2.42. The van der Waals surface area contributed by atoms with Crippen LogP contribution in [0.5, 0.6) is 0 Å². The molecular formula is C16H16N2O4S. The van der Waals surface area contributed by atoms with Crippen LogP contribution < -0.4 is 0 Å². The Kier molecular flexibility index (Phi) is 4.57. The number of hydrogen-bond donors (Lipinski definition) is 1. The molecular weight excluding hydrogens is 316 g/mol. The SMILES string of the molecule is O=C(O)C1CN(C(=O)OCc2ccccc2)CC1c1nccs1. The molecule has 1 amide bonds. The van der Waals surface area contributed by atoms with E-state index in [0.717, 1.165) is 10.6 Å². The molecule has 0 bridgehead atoms. The molecule has 2 heterocycles. The molecule has 1 N–H and O–H groups in total. The fourth-order valence-corrected chi connectivity index (χ4v) is 3.48. The van der Waals surface area contributed by atoms with Crippen molar-refractivity contribution in [3.8, 4) is 0 Å². The van der Waals surface area contributed by atoms with Gasteiger partial charge in [0.2, 0.25) is 0 Å². The van der Waals surface area contributed by atoms with Crippen LogP contribution >= 0.6 is 11.3 Å². The Labute approximate surface area is 137 Å². The van der Waals surface area contributed by atoms with Gasteiger partial charge in [-0.05, 0) is 5.56 Å². The van der Waals surface area contributed by atoms with Crippen LogP contribution in [0.2, 0.25) is 0 Å². The number of thiazole rings is 1. The van der Waals surface area contributed by atoms with Crippen LogP contribution in [-0.2, 0) is 16.1 Å². The number of carboxylic acids is 1. The number of rotatable bonds is 4. The highest BCUT2D eigenvalue weighted by Crippen LogP contribution is 2.34. The summed E-state index contributed by atoms with van der Waals surface area (Å²) < 4.78 is 5.28. The van der Waals surface area contributed by atoms with Crippen LogP contribution in [0.15, 0.2) is 41.9 Å².